The number of nitro groups is 1. The summed E-state index contributed by atoms with van der Waals surface area (Å²) in [5.41, 5.74) is -0.644. The van der Waals surface area contributed by atoms with Crippen LogP contribution in [-0.2, 0) is 4.79 Å². The topological polar surface area (TPSA) is 122 Å². The van der Waals surface area contributed by atoms with Crippen LogP contribution in [0.2, 0.25) is 0 Å². The molecule has 0 spiro atoms. The zero-order chi connectivity index (χ0) is 15.8. The Kier molecular flexibility index (Phi) is 6.12. The fourth-order valence-corrected chi connectivity index (χ4v) is 1.60. The number of rotatable bonds is 7. The molecule has 0 radical (unpaired) electrons. The van der Waals surface area contributed by atoms with Crippen LogP contribution >= 0.6 is 0 Å². The van der Waals surface area contributed by atoms with Gasteiger partial charge >= 0.3 is 0 Å². The molecule has 0 unspecified atom stereocenters. The van der Waals surface area contributed by atoms with Crippen LogP contribution in [0.3, 0.4) is 0 Å². The van der Waals surface area contributed by atoms with E-state index in [0.29, 0.717) is 6.54 Å². The number of phenols is 1. The first-order valence-electron chi connectivity index (χ1n) is 6.48. The number of nitrogens with one attached hydrogen (secondary N) is 2. The highest BCUT2D eigenvalue weighted by Gasteiger charge is 2.20. The predicted octanol–water partition coefficient (Wildman–Crippen LogP) is 0.946. The Morgan fingerprint density at radius 1 is 1.29 bits per heavy atom. The van der Waals surface area contributed by atoms with Crippen molar-refractivity contribution in [2.24, 2.45) is 0 Å². The molecule has 1 aromatic rings. The van der Waals surface area contributed by atoms with E-state index >= 15 is 0 Å². The number of amides is 2. The fourth-order valence-electron chi connectivity index (χ4n) is 1.60. The van der Waals surface area contributed by atoms with E-state index in [2.05, 4.69) is 10.6 Å². The van der Waals surface area contributed by atoms with Gasteiger partial charge in [-0.15, -0.1) is 0 Å². The van der Waals surface area contributed by atoms with Crippen LogP contribution in [0, 0.1) is 10.1 Å². The molecule has 8 heteroatoms. The second kappa shape index (κ2) is 7.83. The maximum absolute atomic E-state index is 11.9. The van der Waals surface area contributed by atoms with Crippen molar-refractivity contribution >= 4 is 17.5 Å². The van der Waals surface area contributed by atoms with Crippen molar-refractivity contribution in [2.75, 3.05) is 13.1 Å². The Labute approximate surface area is 121 Å². The van der Waals surface area contributed by atoms with Gasteiger partial charge < -0.3 is 15.7 Å². The fraction of sp³-hybridized carbons (Fsp3) is 0.385. The standard InChI is InChI=1S/C13H17N3O5/c1-2-6-14-12(18)5-7-15-13(19)10-8-9(17)3-4-11(10)16(20)21/h3-4,8,17H,2,5-7H2,1H3,(H,14,18)(H,15,19). The number of carbonyl (C=O) groups excluding carboxylic acids is 2. The number of phenolic OH excluding ortho intramolecular Hbond substituents is 1. The van der Waals surface area contributed by atoms with Crippen molar-refractivity contribution < 1.29 is 19.6 Å². The molecule has 3 N–H and O–H groups in total. The maximum atomic E-state index is 11.9. The number of carbonyl (C=O) groups is 2. The van der Waals surface area contributed by atoms with Crippen LogP contribution < -0.4 is 10.6 Å². The number of nitro benzene ring substituents is 1. The highest BCUT2D eigenvalue weighted by molar-refractivity contribution is 5.98. The summed E-state index contributed by atoms with van der Waals surface area (Å²) in [6.45, 7) is 2.54. The van der Waals surface area contributed by atoms with Crippen molar-refractivity contribution in [3.63, 3.8) is 0 Å². The smallest absolute Gasteiger partial charge is 0.282 e. The van der Waals surface area contributed by atoms with Gasteiger partial charge in [0.05, 0.1) is 4.92 Å². The zero-order valence-corrected chi connectivity index (χ0v) is 11.6. The lowest BCUT2D eigenvalue weighted by Gasteiger charge is -2.07. The number of benzene rings is 1. The molecule has 0 heterocycles. The van der Waals surface area contributed by atoms with Gasteiger partial charge in [0.15, 0.2) is 0 Å². The molecule has 2 amide bonds. The van der Waals surface area contributed by atoms with E-state index in [-0.39, 0.29) is 30.2 Å². The van der Waals surface area contributed by atoms with Crippen LogP contribution in [-0.4, -0.2) is 34.9 Å². The molecule has 0 bridgehead atoms. The van der Waals surface area contributed by atoms with Crippen molar-refractivity contribution in [1.82, 2.24) is 10.6 Å². The molecule has 0 fully saturated rings. The van der Waals surface area contributed by atoms with Crippen molar-refractivity contribution in [3.05, 3.63) is 33.9 Å². The Hall–Kier alpha value is -2.64. The summed E-state index contributed by atoms with van der Waals surface area (Å²) in [5, 5.41) is 25.2. The third-order valence-electron chi connectivity index (χ3n) is 2.63. The van der Waals surface area contributed by atoms with E-state index in [1.807, 2.05) is 6.92 Å². The Bertz CT molecular complexity index is 545. The summed E-state index contributed by atoms with van der Waals surface area (Å²) in [5.74, 6) is -1.16. The highest BCUT2D eigenvalue weighted by Crippen LogP contribution is 2.22. The molecule has 0 aliphatic carbocycles. The minimum atomic E-state index is -0.708. The molecule has 0 saturated carbocycles. The molecule has 0 aliphatic heterocycles. The third kappa shape index (κ3) is 5.09. The quantitative estimate of drug-likeness (QED) is 0.510. The van der Waals surface area contributed by atoms with E-state index < -0.39 is 16.5 Å². The Morgan fingerprint density at radius 2 is 2.00 bits per heavy atom. The maximum Gasteiger partial charge on any atom is 0.282 e. The molecule has 21 heavy (non-hydrogen) atoms. The summed E-state index contributed by atoms with van der Waals surface area (Å²) < 4.78 is 0. The number of aromatic hydroxyl groups is 1. The summed E-state index contributed by atoms with van der Waals surface area (Å²) in [7, 11) is 0. The normalized spacial score (nSPS) is 9.95. The predicted molar refractivity (Wildman–Crippen MR) is 75.0 cm³/mol. The van der Waals surface area contributed by atoms with E-state index in [9.17, 15) is 24.8 Å². The molecule has 1 aromatic carbocycles. The van der Waals surface area contributed by atoms with Crippen LogP contribution in [0.25, 0.3) is 0 Å². The third-order valence-corrected chi connectivity index (χ3v) is 2.63. The first kappa shape index (κ1) is 16.4. The lowest BCUT2D eigenvalue weighted by molar-refractivity contribution is -0.385. The molecule has 8 nitrogen and oxygen atoms in total. The second-order valence-electron chi connectivity index (χ2n) is 4.31. The summed E-state index contributed by atoms with van der Waals surface area (Å²) in [4.78, 5) is 33.3. The van der Waals surface area contributed by atoms with Gasteiger partial charge in [0.1, 0.15) is 11.3 Å². The van der Waals surface area contributed by atoms with Gasteiger partial charge in [0, 0.05) is 25.6 Å². The average Bonchev–Trinajstić information content (AvgIpc) is 2.44. The molecular weight excluding hydrogens is 278 g/mol. The van der Waals surface area contributed by atoms with E-state index in [1.165, 1.54) is 0 Å². The highest BCUT2D eigenvalue weighted by atomic mass is 16.6. The van der Waals surface area contributed by atoms with Crippen LogP contribution in [0.4, 0.5) is 5.69 Å². The lowest BCUT2D eigenvalue weighted by Crippen LogP contribution is -2.31. The number of nitrogens with zero attached hydrogens (tertiary/aromatic N) is 1. The van der Waals surface area contributed by atoms with E-state index in [4.69, 9.17) is 0 Å². The summed E-state index contributed by atoms with van der Waals surface area (Å²) >= 11 is 0. The van der Waals surface area contributed by atoms with E-state index in [0.717, 1.165) is 24.6 Å². The first-order valence-corrected chi connectivity index (χ1v) is 6.48. The summed E-state index contributed by atoms with van der Waals surface area (Å²) in [6, 6.07) is 3.20. The minimum Gasteiger partial charge on any atom is -0.508 e. The molecule has 1 rings (SSSR count). The SMILES string of the molecule is CCCNC(=O)CCNC(=O)c1cc(O)ccc1[N+](=O)[O-]. The Morgan fingerprint density at radius 3 is 2.62 bits per heavy atom. The molecule has 0 atom stereocenters. The van der Waals surface area contributed by atoms with Gasteiger partial charge in [-0.05, 0) is 18.6 Å². The van der Waals surface area contributed by atoms with Crippen molar-refractivity contribution in [2.45, 2.75) is 19.8 Å². The minimum absolute atomic E-state index is 0.0567. The first-order chi connectivity index (χ1) is 9.95. The monoisotopic (exact) mass is 295 g/mol. The van der Waals surface area contributed by atoms with Gasteiger partial charge in [-0.25, -0.2) is 0 Å². The summed E-state index contributed by atoms with van der Waals surface area (Å²) in [6.07, 6.45) is 0.895. The van der Waals surface area contributed by atoms with Gasteiger partial charge in [-0.3, -0.25) is 19.7 Å². The molecule has 114 valence electrons. The lowest BCUT2D eigenvalue weighted by atomic mass is 10.1. The van der Waals surface area contributed by atoms with Crippen molar-refractivity contribution in [3.8, 4) is 5.75 Å². The number of hydrogen-bond acceptors (Lipinski definition) is 5. The Balaban J connectivity index is 2.62. The van der Waals surface area contributed by atoms with Gasteiger partial charge in [0.25, 0.3) is 11.6 Å². The number of hydrogen-bond donors (Lipinski definition) is 3. The van der Waals surface area contributed by atoms with Crippen LogP contribution in [0.15, 0.2) is 18.2 Å². The molecule has 0 aliphatic rings. The van der Waals surface area contributed by atoms with Crippen molar-refractivity contribution in [1.29, 1.82) is 0 Å². The zero-order valence-electron chi connectivity index (χ0n) is 11.6. The van der Waals surface area contributed by atoms with Gasteiger partial charge in [0.2, 0.25) is 5.91 Å². The molecule has 0 aromatic heterocycles. The molecule has 0 saturated heterocycles. The second-order valence-corrected chi connectivity index (χ2v) is 4.31. The largest absolute Gasteiger partial charge is 0.508 e. The van der Waals surface area contributed by atoms with Gasteiger partial charge in [-0.2, -0.15) is 0 Å². The average molecular weight is 295 g/mol. The molecular formula is C13H17N3O5. The van der Waals surface area contributed by atoms with Crippen LogP contribution in [0.5, 0.6) is 5.75 Å². The van der Waals surface area contributed by atoms with E-state index in [1.54, 1.807) is 0 Å². The van der Waals surface area contributed by atoms with Crippen LogP contribution in [0.1, 0.15) is 30.1 Å². The van der Waals surface area contributed by atoms with Gasteiger partial charge in [-0.1, -0.05) is 6.92 Å².